The molecule has 0 aromatic carbocycles. The van der Waals surface area contributed by atoms with E-state index in [0.29, 0.717) is 18.6 Å². The summed E-state index contributed by atoms with van der Waals surface area (Å²) < 4.78 is 0. The molecule has 0 amide bonds. The van der Waals surface area contributed by atoms with Gasteiger partial charge in [0.1, 0.15) is 0 Å². The lowest BCUT2D eigenvalue weighted by molar-refractivity contribution is -0.0478. The molecule has 0 aromatic heterocycles. The summed E-state index contributed by atoms with van der Waals surface area (Å²) in [7, 11) is 0. The number of hydrogen-bond acceptors (Lipinski definition) is 2. The maximum atomic E-state index is 7.19. The third-order valence-electron chi connectivity index (χ3n) is 3.87. The monoisotopic (exact) mass is 251 g/mol. The second kappa shape index (κ2) is 5.19. The van der Waals surface area contributed by atoms with Crippen molar-refractivity contribution in [1.82, 2.24) is 9.80 Å². The molecule has 0 saturated carbocycles. The van der Waals surface area contributed by atoms with Crippen LogP contribution in [0.25, 0.3) is 4.85 Å². The van der Waals surface area contributed by atoms with Crippen LogP contribution in [0.2, 0.25) is 0 Å². The molecule has 1 unspecified atom stereocenters. The second-order valence-electron chi connectivity index (χ2n) is 7.49. The third kappa shape index (κ3) is 3.46. The quantitative estimate of drug-likeness (QED) is 0.664. The van der Waals surface area contributed by atoms with Crippen molar-refractivity contribution in [2.24, 2.45) is 0 Å². The highest BCUT2D eigenvalue weighted by Crippen LogP contribution is 2.28. The lowest BCUT2D eigenvalue weighted by atomic mass is 9.93. The summed E-state index contributed by atoms with van der Waals surface area (Å²) >= 11 is 0. The van der Waals surface area contributed by atoms with Gasteiger partial charge in [0.25, 0.3) is 0 Å². The van der Waals surface area contributed by atoms with Crippen molar-refractivity contribution in [3.05, 3.63) is 11.4 Å². The molecule has 1 aliphatic rings. The van der Waals surface area contributed by atoms with E-state index < -0.39 is 0 Å². The van der Waals surface area contributed by atoms with Crippen molar-refractivity contribution in [2.45, 2.75) is 71.6 Å². The molecule has 3 heteroatoms. The van der Waals surface area contributed by atoms with Crippen LogP contribution in [0.15, 0.2) is 0 Å². The largest absolute Gasteiger partial charge is 0.315 e. The summed E-state index contributed by atoms with van der Waals surface area (Å²) in [5.74, 6) is 0. The van der Waals surface area contributed by atoms with Crippen LogP contribution in [0.1, 0.15) is 48.5 Å². The Kier molecular flexibility index (Phi) is 4.46. The van der Waals surface area contributed by atoms with Gasteiger partial charge in [-0.1, -0.05) is 0 Å². The lowest BCUT2D eigenvalue weighted by Gasteiger charge is -2.53. The third-order valence-corrected chi connectivity index (χ3v) is 3.87. The maximum Gasteiger partial charge on any atom is 0.231 e. The zero-order valence-electron chi connectivity index (χ0n) is 13.1. The molecule has 1 aliphatic heterocycles. The van der Waals surface area contributed by atoms with Gasteiger partial charge < -0.3 is 4.85 Å². The van der Waals surface area contributed by atoms with Crippen molar-refractivity contribution in [1.29, 1.82) is 0 Å². The molecule has 0 N–H and O–H groups in total. The first-order valence-electron chi connectivity index (χ1n) is 6.94. The van der Waals surface area contributed by atoms with E-state index in [-0.39, 0.29) is 11.1 Å². The van der Waals surface area contributed by atoms with Crippen molar-refractivity contribution in [3.63, 3.8) is 0 Å². The zero-order chi connectivity index (χ0) is 14.1. The van der Waals surface area contributed by atoms with Crippen molar-refractivity contribution in [3.8, 4) is 0 Å². The average molecular weight is 251 g/mol. The molecule has 1 fully saturated rings. The number of hydrogen-bond donors (Lipinski definition) is 0. The van der Waals surface area contributed by atoms with Gasteiger partial charge >= 0.3 is 0 Å². The van der Waals surface area contributed by atoms with E-state index in [1.165, 1.54) is 0 Å². The predicted octanol–water partition coefficient (Wildman–Crippen LogP) is 2.88. The summed E-state index contributed by atoms with van der Waals surface area (Å²) in [6.45, 7) is 25.7. The standard InChI is InChI=1S/C15H29N3/c1-12-10-18(15(5,6)7)13(9-16-8)11-17(12)14(2,3)4/h12-13H,9-11H2,1-7H3/t12?,13-/m1/s1. The minimum atomic E-state index is 0.146. The van der Waals surface area contributed by atoms with E-state index in [2.05, 4.69) is 63.1 Å². The van der Waals surface area contributed by atoms with Gasteiger partial charge in [0.05, 0.1) is 6.04 Å². The summed E-state index contributed by atoms with van der Waals surface area (Å²) in [5, 5.41) is 0. The minimum absolute atomic E-state index is 0.146. The van der Waals surface area contributed by atoms with E-state index in [1.54, 1.807) is 0 Å². The highest BCUT2D eigenvalue weighted by atomic mass is 15.4. The lowest BCUT2D eigenvalue weighted by Crippen LogP contribution is -2.66. The fraction of sp³-hybridized carbons (Fsp3) is 0.933. The van der Waals surface area contributed by atoms with Crippen LogP contribution in [-0.2, 0) is 0 Å². The fourth-order valence-electron chi connectivity index (χ4n) is 3.06. The molecule has 0 spiro atoms. The molecule has 0 aliphatic carbocycles. The van der Waals surface area contributed by atoms with E-state index >= 15 is 0 Å². The van der Waals surface area contributed by atoms with Gasteiger partial charge in [-0.2, -0.15) is 0 Å². The molecule has 18 heavy (non-hydrogen) atoms. The topological polar surface area (TPSA) is 10.8 Å². The predicted molar refractivity (Wildman–Crippen MR) is 77.6 cm³/mol. The molecule has 104 valence electrons. The molecule has 3 nitrogen and oxygen atoms in total. The van der Waals surface area contributed by atoms with Crippen LogP contribution in [-0.4, -0.2) is 52.6 Å². The molecular weight excluding hydrogens is 222 g/mol. The van der Waals surface area contributed by atoms with E-state index in [9.17, 15) is 0 Å². The molecule has 1 saturated heterocycles. The Balaban J connectivity index is 2.92. The number of nitrogens with zero attached hydrogens (tertiary/aromatic N) is 3. The Morgan fingerprint density at radius 1 is 1.00 bits per heavy atom. The first-order valence-corrected chi connectivity index (χ1v) is 6.94. The van der Waals surface area contributed by atoms with E-state index in [0.717, 1.165) is 13.1 Å². The van der Waals surface area contributed by atoms with Crippen LogP contribution >= 0.6 is 0 Å². The minimum Gasteiger partial charge on any atom is -0.315 e. The van der Waals surface area contributed by atoms with Crippen LogP contribution < -0.4 is 0 Å². The average Bonchev–Trinajstić information content (AvgIpc) is 2.17. The number of piperazine rings is 1. The van der Waals surface area contributed by atoms with Crippen LogP contribution in [0.4, 0.5) is 0 Å². The Bertz CT molecular complexity index is 316. The highest BCUT2D eigenvalue weighted by Gasteiger charge is 2.41. The Hall–Kier alpha value is -0.590. The van der Waals surface area contributed by atoms with Gasteiger partial charge in [-0.15, -0.1) is 0 Å². The van der Waals surface area contributed by atoms with Gasteiger partial charge in [0.2, 0.25) is 6.54 Å². The van der Waals surface area contributed by atoms with Gasteiger partial charge in [-0.25, -0.2) is 6.57 Å². The van der Waals surface area contributed by atoms with E-state index in [1.807, 2.05) is 0 Å². The first kappa shape index (κ1) is 15.5. The van der Waals surface area contributed by atoms with Crippen molar-refractivity contribution >= 4 is 0 Å². The van der Waals surface area contributed by atoms with Crippen molar-refractivity contribution in [2.75, 3.05) is 19.6 Å². The molecule has 1 heterocycles. The van der Waals surface area contributed by atoms with Crippen LogP contribution in [0, 0.1) is 6.57 Å². The molecule has 2 atom stereocenters. The molecule has 0 bridgehead atoms. The summed E-state index contributed by atoms with van der Waals surface area (Å²) in [6, 6.07) is 0.907. The molecule has 0 aromatic rings. The Morgan fingerprint density at radius 2 is 1.50 bits per heavy atom. The number of rotatable bonds is 1. The van der Waals surface area contributed by atoms with Crippen molar-refractivity contribution < 1.29 is 0 Å². The summed E-state index contributed by atoms with van der Waals surface area (Å²) in [6.07, 6.45) is 0. The Morgan fingerprint density at radius 3 is 1.89 bits per heavy atom. The first-order chi connectivity index (χ1) is 8.07. The van der Waals surface area contributed by atoms with E-state index in [4.69, 9.17) is 6.57 Å². The highest BCUT2D eigenvalue weighted by molar-refractivity contribution is 4.98. The summed E-state index contributed by atoms with van der Waals surface area (Å²) in [4.78, 5) is 8.70. The zero-order valence-corrected chi connectivity index (χ0v) is 13.1. The molecule has 0 radical (unpaired) electrons. The van der Waals surface area contributed by atoms with Gasteiger partial charge in [0.15, 0.2) is 0 Å². The molecule has 1 rings (SSSR count). The normalized spacial score (nSPS) is 28.1. The van der Waals surface area contributed by atoms with Gasteiger partial charge in [-0.3, -0.25) is 9.80 Å². The maximum absolute atomic E-state index is 7.19. The van der Waals surface area contributed by atoms with Gasteiger partial charge in [-0.05, 0) is 48.5 Å². The van der Waals surface area contributed by atoms with Crippen LogP contribution in [0.3, 0.4) is 0 Å². The van der Waals surface area contributed by atoms with Crippen LogP contribution in [0.5, 0.6) is 0 Å². The van der Waals surface area contributed by atoms with Gasteiger partial charge in [0, 0.05) is 30.2 Å². The SMILES string of the molecule is [C-]#[N+]C[C@@H]1CN(C(C)(C)C)C(C)CN1C(C)(C)C. The smallest absolute Gasteiger partial charge is 0.231 e. The molecular formula is C15H29N3. The summed E-state index contributed by atoms with van der Waals surface area (Å²) in [5.41, 5.74) is 0.331. The Labute approximate surface area is 113 Å². The fourth-order valence-corrected chi connectivity index (χ4v) is 3.06. The second-order valence-corrected chi connectivity index (χ2v) is 7.49.